The number of halogens is 1. The van der Waals surface area contributed by atoms with E-state index in [2.05, 4.69) is 37.8 Å². The van der Waals surface area contributed by atoms with Crippen molar-refractivity contribution < 1.29 is 4.74 Å². The number of aromatic nitrogens is 2. The van der Waals surface area contributed by atoms with Crippen LogP contribution in [0.15, 0.2) is 41.5 Å². The third-order valence-electron chi connectivity index (χ3n) is 5.38. The molecule has 0 bridgehead atoms. The number of guanidine groups is 1. The van der Waals surface area contributed by atoms with E-state index in [0.29, 0.717) is 6.54 Å². The van der Waals surface area contributed by atoms with Gasteiger partial charge in [-0.25, -0.2) is 0 Å². The summed E-state index contributed by atoms with van der Waals surface area (Å²) in [5.41, 5.74) is 2.33. The van der Waals surface area contributed by atoms with Gasteiger partial charge in [-0.1, -0.05) is 24.6 Å². The van der Waals surface area contributed by atoms with Crippen LogP contribution in [0.5, 0.6) is 5.75 Å². The van der Waals surface area contributed by atoms with E-state index in [1.807, 2.05) is 29.9 Å². The van der Waals surface area contributed by atoms with E-state index in [1.54, 1.807) is 20.4 Å². The van der Waals surface area contributed by atoms with E-state index in [4.69, 9.17) is 4.74 Å². The molecular weight excluding hydrogens is 479 g/mol. The Morgan fingerprint density at radius 3 is 2.59 bits per heavy atom. The highest BCUT2D eigenvalue weighted by molar-refractivity contribution is 14.0. The number of nitrogens with zero attached hydrogens (tertiary/aromatic N) is 4. The van der Waals surface area contributed by atoms with Gasteiger partial charge in [-0.05, 0) is 38.1 Å². The van der Waals surface area contributed by atoms with E-state index >= 15 is 0 Å². The Labute approximate surface area is 190 Å². The van der Waals surface area contributed by atoms with Crippen LogP contribution in [0.1, 0.15) is 36.6 Å². The van der Waals surface area contributed by atoms with Gasteiger partial charge < -0.3 is 15.4 Å². The van der Waals surface area contributed by atoms with Crippen LogP contribution < -0.4 is 15.4 Å². The molecule has 2 N–H and O–H groups in total. The summed E-state index contributed by atoms with van der Waals surface area (Å²) in [5.74, 6) is 1.73. The molecule has 29 heavy (non-hydrogen) atoms. The molecule has 0 radical (unpaired) electrons. The number of methoxy groups -OCH3 is 1. The van der Waals surface area contributed by atoms with Crippen LogP contribution in [-0.2, 0) is 13.6 Å². The Bertz CT molecular complexity index is 772. The number of benzene rings is 1. The predicted molar refractivity (Wildman–Crippen MR) is 128 cm³/mol. The maximum atomic E-state index is 5.65. The molecule has 0 aliphatic carbocycles. The van der Waals surface area contributed by atoms with E-state index in [1.165, 1.54) is 24.8 Å². The Balaban J connectivity index is 0.00000300. The van der Waals surface area contributed by atoms with Crippen molar-refractivity contribution in [2.75, 3.05) is 33.8 Å². The number of para-hydroxylation sites is 1. The van der Waals surface area contributed by atoms with Crippen LogP contribution in [0.25, 0.3) is 0 Å². The molecule has 1 fully saturated rings. The first-order chi connectivity index (χ1) is 13.7. The summed E-state index contributed by atoms with van der Waals surface area (Å²) in [5, 5.41) is 11.1. The molecule has 8 heteroatoms. The van der Waals surface area contributed by atoms with E-state index in [-0.39, 0.29) is 30.0 Å². The molecule has 1 aliphatic heterocycles. The van der Waals surface area contributed by atoms with E-state index in [9.17, 15) is 0 Å². The van der Waals surface area contributed by atoms with Gasteiger partial charge in [0.05, 0.1) is 25.4 Å². The SMILES string of the molecule is CN=C(NCc1ccnn1C)NCC(c1ccccc1OC)N1CCCCC1.I. The smallest absolute Gasteiger partial charge is 0.191 e. The minimum Gasteiger partial charge on any atom is -0.496 e. The number of rotatable bonds is 7. The monoisotopic (exact) mass is 512 g/mol. The highest BCUT2D eigenvalue weighted by Crippen LogP contribution is 2.30. The number of likely N-dealkylation sites (tertiary alicyclic amines) is 1. The molecule has 1 aliphatic rings. The van der Waals surface area contributed by atoms with Crippen LogP contribution >= 0.6 is 24.0 Å². The zero-order valence-corrected chi connectivity index (χ0v) is 19.9. The zero-order chi connectivity index (χ0) is 19.8. The summed E-state index contributed by atoms with van der Waals surface area (Å²) in [7, 11) is 5.49. The van der Waals surface area contributed by atoms with Crippen molar-refractivity contribution in [3.8, 4) is 5.75 Å². The topological polar surface area (TPSA) is 66.7 Å². The molecule has 160 valence electrons. The van der Waals surface area contributed by atoms with Gasteiger partial charge >= 0.3 is 0 Å². The second-order valence-corrected chi connectivity index (χ2v) is 7.11. The first kappa shape index (κ1) is 23.5. The number of hydrogen-bond acceptors (Lipinski definition) is 4. The number of nitrogens with one attached hydrogen (secondary N) is 2. The summed E-state index contributed by atoms with van der Waals surface area (Å²) in [6.45, 7) is 3.68. The molecule has 1 aromatic carbocycles. The fourth-order valence-electron chi connectivity index (χ4n) is 3.77. The molecule has 1 aromatic heterocycles. The average Bonchev–Trinajstić information content (AvgIpc) is 3.16. The van der Waals surface area contributed by atoms with Crippen molar-refractivity contribution in [2.24, 2.45) is 12.0 Å². The second-order valence-electron chi connectivity index (χ2n) is 7.11. The normalized spacial score (nSPS) is 16.0. The Morgan fingerprint density at radius 2 is 1.93 bits per heavy atom. The van der Waals surface area contributed by atoms with Crippen LogP contribution in [0.3, 0.4) is 0 Å². The predicted octanol–water partition coefficient (Wildman–Crippen LogP) is 2.94. The number of aliphatic imine (C=N–C) groups is 1. The molecule has 1 saturated heterocycles. The maximum Gasteiger partial charge on any atom is 0.191 e. The van der Waals surface area contributed by atoms with Crippen LogP contribution in [0.2, 0.25) is 0 Å². The first-order valence-electron chi connectivity index (χ1n) is 10.0. The number of ether oxygens (including phenoxy) is 1. The van der Waals surface area contributed by atoms with Crippen molar-refractivity contribution in [3.63, 3.8) is 0 Å². The van der Waals surface area contributed by atoms with Crippen LogP contribution in [-0.4, -0.2) is 54.4 Å². The standard InChI is InChI=1S/C21H32N6O.HI/c1-22-21(23-15-17-11-12-25-26(17)2)24-16-19(27-13-7-4-8-14-27)18-9-5-6-10-20(18)28-3;/h5-6,9-12,19H,4,7-8,13-16H2,1-3H3,(H2,22,23,24);1H. The molecule has 1 unspecified atom stereocenters. The summed E-state index contributed by atoms with van der Waals surface area (Å²) in [6, 6.07) is 10.6. The van der Waals surface area contributed by atoms with E-state index in [0.717, 1.165) is 37.0 Å². The first-order valence-corrected chi connectivity index (χ1v) is 10.0. The maximum absolute atomic E-state index is 5.65. The van der Waals surface area contributed by atoms with Gasteiger partial charge in [-0.15, -0.1) is 24.0 Å². The van der Waals surface area contributed by atoms with Crippen molar-refractivity contribution in [1.29, 1.82) is 0 Å². The van der Waals surface area contributed by atoms with Crippen molar-refractivity contribution in [2.45, 2.75) is 31.8 Å². The molecule has 7 nitrogen and oxygen atoms in total. The molecule has 2 aromatic rings. The van der Waals surface area contributed by atoms with Gasteiger partial charge in [0.1, 0.15) is 5.75 Å². The fraction of sp³-hybridized carbons (Fsp3) is 0.524. The minimum atomic E-state index is 0. The Morgan fingerprint density at radius 1 is 1.17 bits per heavy atom. The fourth-order valence-corrected chi connectivity index (χ4v) is 3.77. The summed E-state index contributed by atoms with van der Waals surface area (Å²) in [4.78, 5) is 6.94. The lowest BCUT2D eigenvalue weighted by molar-refractivity contribution is 0.161. The van der Waals surface area contributed by atoms with Gasteiger partial charge in [-0.3, -0.25) is 14.6 Å². The molecule has 0 saturated carbocycles. The Kier molecular flexibility index (Phi) is 9.72. The lowest BCUT2D eigenvalue weighted by atomic mass is 10.0. The highest BCUT2D eigenvalue weighted by atomic mass is 127. The molecule has 0 amide bonds. The zero-order valence-electron chi connectivity index (χ0n) is 17.6. The van der Waals surface area contributed by atoms with Gasteiger partial charge in [0, 0.05) is 32.4 Å². The quantitative estimate of drug-likeness (QED) is 0.340. The minimum absolute atomic E-state index is 0. The van der Waals surface area contributed by atoms with E-state index < -0.39 is 0 Å². The summed E-state index contributed by atoms with van der Waals surface area (Å²) < 4.78 is 7.52. The number of hydrogen-bond donors (Lipinski definition) is 2. The molecular formula is C21H33IN6O. The highest BCUT2D eigenvalue weighted by Gasteiger charge is 2.25. The van der Waals surface area contributed by atoms with Gasteiger partial charge in [0.25, 0.3) is 0 Å². The van der Waals surface area contributed by atoms with Crippen molar-refractivity contribution in [3.05, 3.63) is 47.8 Å². The lowest BCUT2D eigenvalue weighted by Crippen LogP contribution is -2.44. The summed E-state index contributed by atoms with van der Waals surface area (Å²) >= 11 is 0. The molecule has 1 atom stereocenters. The van der Waals surface area contributed by atoms with Crippen molar-refractivity contribution >= 4 is 29.9 Å². The number of piperidine rings is 1. The van der Waals surface area contributed by atoms with Crippen molar-refractivity contribution in [1.82, 2.24) is 25.3 Å². The van der Waals surface area contributed by atoms with Gasteiger partial charge in [0.2, 0.25) is 0 Å². The largest absolute Gasteiger partial charge is 0.496 e. The molecule has 0 spiro atoms. The third-order valence-corrected chi connectivity index (χ3v) is 5.38. The Hall–Kier alpha value is -1.81. The second kappa shape index (κ2) is 12.0. The lowest BCUT2D eigenvalue weighted by Gasteiger charge is -2.35. The van der Waals surface area contributed by atoms with Gasteiger partial charge in [-0.2, -0.15) is 5.10 Å². The molecule has 3 rings (SSSR count). The van der Waals surface area contributed by atoms with Crippen LogP contribution in [0.4, 0.5) is 0 Å². The number of aryl methyl sites for hydroxylation is 1. The summed E-state index contributed by atoms with van der Waals surface area (Å²) in [6.07, 6.45) is 5.62. The molecule has 2 heterocycles. The average molecular weight is 512 g/mol. The van der Waals surface area contributed by atoms with Crippen LogP contribution in [0, 0.1) is 0 Å². The van der Waals surface area contributed by atoms with Gasteiger partial charge in [0.15, 0.2) is 5.96 Å². The third kappa shape index (κ3) is 6.33.